The van der Waals surface area contributed by atoms with E-state index < -0.39 is 4.92 Å². The molecule has 26 heavy (non-hydrogen) atoms. The Morgan fingerprint density at radius 3 is 2.54 bits per heavy atom. The number of fused-ring (bicyclic) bond motifs is 2. The van der Waals surface area contributed by atoms with Crippen LogP contribution < -0.4 is 5.32 Å². The average Bonchev–Trinajstić information content (AvgIpc) is 2.66. The molecule has 1 aliphatic rings. The van der Waals surface area contributed by atoms with Crippen LogP contribution in [-0.2, 0) is 12.8 Å². The first-order valence-electron chi connectivity index (χ1n) is 8.60. The topological polar surface area (TPSA) is 85.1 Å². The van der Waals surface area contributed by atoms with Crippen LogP contribution in [0.1, 0.15) is 34.5 Å². The Hall–Kier alpha value is -3.28. The van der Waals surface area contributed by atoms with Gasteiger partial charge in [0.05, 0.1) is 16.0 Å². The lowest BCUT2D eigenvalue weighted by atomic mass is 9.89. The van der Waals surface area contributed by atoms with Gasteiger partial charge in [0.1, 0.15) is 0 Å². The van der Waals surface area contributed by atoms with Crippen molar-refractivity contribution >= 4 is 28.2 Å². The highest BCUT2D eigenvalue weighted by molar-refractivity contribution is 6.13. The predicted molar refractivity (Wildman–Crippen MR) is 99.4 cm³/mol. The van der Waals surface area contributed by atoms with E-state index in [2.05, 4.69) is 5.32 Å². The van der Waals surface area contributed by atoms with E-state index in [0.29, 0.717) is 11.3 Å². The van der Waals surface area contributed by atoms with Crippen LogP contribution in [0.25, 0.3) is 10.9 Å². The van der Waals surface area contributed by atoms with Gasteiger partial charge in [-0.25, -0.2) is 0 Å². The summed E-state index contributed by atoms with van der Waals surface area (Å²) in [5, 5.41) is 14.5. The SMILES string of the molecule is O=C(Nc1ccc([N+](=O)[O-])cc1)c1c2c(nc3ccccc13)CCCC2. The average molecular weight is 347 g/mol. The summed E-state index contributed by atoms with van der Waals surface area (Å²) in [7, 11) is 0. The third-order valence-electron chi connectivity index (χ3n) is 4.73. The Balaban J connectivity index is 1.75. The van der Waals surface area contributed by atoms with E-state index >= 15 is 0 Å². The summed E-state index contributed by atoms with van der Waals surface area (Å²) >= 11 is 0. The molecule has 1 amide bonds. The van der Waals surface area contributed by atoms with Gasteiger partial charge in [-0.15, -0.1) is 0 Å². The van der Waals surface area contributed by atoms with Gasteiger partial charge in [0.25, 0.3) is 11.6 Å². The molecular weight excluding hydrogens is 330 g/mol. The molecule has 6 heteroatoms. The maximum atomic E-state index is 13.0. The number of rotatable bonds is 3. The summed E-state index contributed by atoms with van der Waals surface area (Å²) < 4.78 is 0. The second kappa shape index (κ2) is 6.55. The molecule has 130 valence electrons. The van der Waals surface area contributed by atoms with Crippen molar-refractivity contribution < 1.29 is 9.72 Å². The van der Waals surface area contributed by atoms with Crippen LogP contribution in [0.3, 0.4) is 0 Å². The minimum Gasteiger partial charge on any atom is -0.322 e. The summed E-state index contributed by atoms with van der Waals surface area (Å²) in [6.07, 6.45) is 3.86. The van der Waals surface area contributed by atoms with Crippen LogP contribution in [0.15, 0.2) is 48.5 Å². The Bertz CT molecular complexity index is 1010. The zero-order valence-electron chi connectivity index (χ0n) is 14.1. The molecule has 2 aromatic carbocycles. The Kier molecular flexibility index (Phi) is 4.08. The maximum Gasteiger partial charge on any atom is 0.269 e. The van der Waals surface area contributed by atoms with E-state index in [1.54, 1.807) is 12.1 Å². The van der Waals surface area contributed by atoms with Crippen LogP contribution in [0, 0.1) is 10.1 Å². The van der Waals surface area contributed by atoms with E-state index in [4.69, 9.17) is 4.98 Å². The summed E-state index contributed by atoms with van der Waals surface area (Å²) in [6.45, 7) is 0. The minimum atomic E-state index is -0.460. The number of non-ortho nitro benzene ring substituents is 1. The Morgan fingerprint density at radius 2 is 1.77 bits per heavy atom. The number of nitro benzene ring substituents is 1. The maximum absolute atomic E-state index is 13.0. The number of carbonyl (C=O) groups excluding carboxylic acids is 1. The third kappa shape index (κ3) is 2.90. The van der Waals surface area contributed by atoms with Crippen molar-refractivity contribution in [3.63, 3.8) is 0 Å². The van der Waals surface area contributed by atoms with Crippen molar-refractivity contribution in [3.05, 3.63) is 75.5 Å². The van der Waals surface area contributed by atoms with Crippen LogP contribution in [0.2, 0.25) is 0 Å². The highest BCUT2D eigenvalue weighted by Gasteiger charge is 2.22. The van der Waals surface area contributed by atoms with Gasteiger partial charge in [-0.05, 0) is 49.4 Å². The van der Waals surface area contributed by atoms with Crippen molar-refractivity contribution in [2.45, 2.75) is 25.7 Å². The highest BCUT2D eigenvalue weighted by Crippen LogP contribution is 2.30. The van der Waals surface area contributed by atoms with Crippen molar-refractivity contribution in [2.75, 3.05) is 5.32 Å². The third-order valence-corrected chi connectivity index (χ3v) is 4.73. The Morgan fingerprint density at radius 1 is 1.04 bits per heavy atom. The first-order valence-corrected chi connectivity index (χ1v) is 8.60. The van der Waals surface area contributed by atoms with Crippen molar-refractivity contribution in [2.24, 2.45) is 0 Å². The zero-order valence-corrected chi connectivity index (χ0v) is 14.1. The number of benzene rings is 2. The number of amides is 1. The van der Waals surface area contributed by atoms with E-state index in [0.717, 1.165) is 47.8 Å². The molecule has 6 nitrogen and oxygen atoms in total. The molecule has 3 aromatic rings. The quantitative estimate of drug-likeness (QED) is 0.566. The number of aryl methyl sites for hydroxylation is 1. The van der Waals surface area contributed by atoms with Crippen LogP contribution in [-0.4, -0.2) is 15.8 Å². The van der Waals surface area contributed by atoms with Gasteiger partial charge in [0, 0.05) is 28.9 Å². The lowest BCUT2D eigenvalue weighted by Gasteiger charge is -2.20. The molecule has 1 aromatic heterocycles. The van der Waals surface area contributed by atoms with Crippen LogP contribution >= 0.6 is 0 Å². The molecule has 0 radical (unpaired) electrons. The van der Waals surface area contributed by atoms with E-state index in [-0.39, 0.29) is 11.6 Å². The van der Waals surface area contributed by atoms with Crippen molar-refractivity contribution in [1.82, 2.24) is 4.98 Å². The number of carbonyl (C=O) groups is 1. The minimum absolute atomic E-state index is 0.00487. The number of hydrogen-bond donors (Lipinski definition) is 1. The second-order valence-electron chi connectivity index (χ2n) is 6.39. The van der Waals surface area contributed by atoms with Crippen molar-refractivity contribution in [3.8, 4) is 0 Å². The van der Waals surface area contributed by atoms with Gasteiger partial charge in [0.2, 0.25) is 0 Å². The summed E-state index contributed by atoms with van der Waals surface area (Å²) in [4.78, 5) is 28.1. The smallest absolute Gasteiger partial charge is 0.269 e. The predicted octanol–water partition coefficient (Wildman–Crippen LogP) is 4.27. The molecule has 0 unspecified atom stereocenters. The zero-order chi connectivity index (χ0) is 18.1. The van der Waals surface area contributed by atoms with Gasteiger partial charge in [0.15, 0.2) is 0 Å². The summed E-state index contributed by atoms with van der Waals surface area (Å²) in [5.41, 5.74) is 4.05. The first-order chi connectivity index (χ1) is 12.6. The molecule has 0 bridgehead atoms. The number of aromatic nitrogens is 1. The molecule has 0 aliphatic heterocycles. The summed E-state index contributed by atoms with van der Waals surface area (Å²) in [6, 6.07) is 13.5. The van der Waals surface area contributed by atoms with E-state index in [9.17, 15) is 14.9 Å². The molecule has 0 atom stereocenters. The highest BCUT2D eigenvalue weighted by atomic mass is 16.6. The fraction of sp³-hybridized carbons (Fsp3) is 0.200. The molecule has 1 heterocycles. The normalized spacial score (nSPS) is 13.2. The second-order valence-corrected chi connectivity index (χ2v) is 6.39. The van der Waals surface area contributed by atoms with Gasteiger partial charge < -0.3 is 5.32 Å². The molecule has 1 aliphatic carbocycles. The fourth-order valence-electron chi connectivity index (χ4n) is 3.49. The van der Waals surface area contributed by atoms with Crippen LogP contribution in [0.5, 0.6) is 0 Å². The van der Waals surface area contributed by atoms with Crippen molar-refractivity contribution in [1.29, 1.82) is 0 Å². The number of nitro groups is 1. The fourth-order valence-corrected chi connectivity index (χ4v) is 3.49. The monoisotopic (exact) mass is 347 g/mol. The summed E-state index contributed by atoms with van der Waals surface area (Å²) in [5.74, 6) is -0.199. The molecule has 0 spiro atoms. The molecule has 1 N–H and O–H groups in total. The molecule has 0 saturated carbocycles. The van der Waals surface area contributed by atoms with Gasteiger partial charge >= 0.3 is 0 Å². The van der Waals surface area contributed by atoms with E-state index in [1.807, 2.05) is 24.3 Å². The number of nitrogens with one attached hydrogen (secondary N) is 1. The van der Waals surface area contributed by atoms with Gasteiger partial charge in [-0.3, -0.25) is 19.9 Å². The number of pyridine rings is 1. The van der Waals surface area contributed by atoms with Crippen LogP contribution in [0.4, 0.5) is 11.4 Å². The standard InChI is InChI=1S/C20H17N3O3/c24-20(21-13-9-11-14(12-10-13)23(25)26)19-15-5-1-3-7-17(15)22-18-8-4-2-6-16(18)19/h1,3,5,7,9-12H,2,4,6,8H2,(H,21,24). The lowest BCUT2D eigenvalue weighted by molar-refractivity contribution is -0.384. The molecule has 0 fully saturated rings. The largest absolute Gasteiger partial charge is 0.322 e. The van der Waals surface area contributed by atoms with Gasteiger partial charge in [-0.1, -0.05) is 18.2 Å². The lowest BCUT2D eigenvalue weighted by Crippen LogP contribution is -2.19. The number of hydrogen-bond acceptors (Lipinski definition) is 4. The van der Waals surface area contributed by atoms with Gasteiger partial charge in [-0.2, -0.15) is 0 Å². The molecule has 0 saturated heterocycles. The molecule has 4 rings (SSSR count). The first kappa shape index (κ1) is 16.2. The number of anilines is 1. The Labute approximate surface area is 150 Å². The molecular formula is C20H17N3O3. The van der Waals surface area contributed by atoms with E-state index in [1.165, 1.54) is 12.1 Å². The number of nitrogens with zero attached hydrogens (tertiary/aromatic N) is 2. The number of para-hydroxylation sites is 1.